The molecule has 0 radical (unpaired) electrons. The Bertz CT molecular complexity index is 660. The van der Waals surface area contributed by atoms with Crippen LogP contribution in [0.25, 0.3) is 0 Å². The summed E-state index contributed by atoms with van der Waals surface area (Å²) in [6.07, 6.45) is -0.939. The molecule has 0 aliphatic carbocycles. The second-order valence-electron chi connectivity index (χ2n) is 4.71. The Kier molecular flexibility index (Phi) is 3.36. The molecule has 0 saturated heterocycles. The highest BCUT2D eigenvalue weighted by Gasteiger charge is 2.28. The lowest BCUT2D eigenvalue weighted by atomic mass is 9.95. The van der Waals surface area contributed by atoms with Gasteiger partial charge in [0, 0.05) is 18.1 Å². The van der Waals surface area contributed by atoms with E-state index in [1.54, 1.807) is 6.07 Å². The van der Waals surface area contributed by atoms with E-state index in [4.69, 9.17) is 16.3 Å². The summed E-state index contributed by atoms with van der Waals surface area (Å²) < 4.78 is 32.1. The van der Waals surface area contributed by atoms with Gasteiger partial charge in [0.1, 0.15) is 23.5 Å². The molecule has 1 aliphatic rings. The fraction of sp³-hybridized carbons (Fsp3) is 0.200. The molecule has 0 fully saturated rings. The number of hydrogen-bond donors (Lipinski definition) is 1. The van der Waals surface area contributed by atoms with E-state index < -0.39 is 23.8 Å². The molecule has 5 heteroatoms. The van der Waals surface area contributed by atoms with Crippen molar-refractivity contribution in [2.45, 2.75) is 18.6 Å². The smallest absolute Gasteiger partial charge is 0.141 e. The van der Waals surface area contributed by atoms with E-state index in [2.05, 4.69) is 0 Å². The van der Waals surface area contributed by atoms with Gasteiger partial charge in [-0.1, -0.05) is 17.7 Å². The second kappa shape index (κ2) is 5.04. The fourth-order valence-electron chi connectivity index (χ4n) is 2.33. The maximum Gasteiger partial charge on any atom is 0.141 e. The second-order valence-corrected chi connectivity index (χ2v) is 5.12. The molecule has 3 rings (SSSR count). The average Bonchev–Trinajstić information content (AvgIpc) is 2.41. The largest absolute Gasteiger partial charge is 0.485 e. The van der Waals surface area contributed by atoms with Crippen molar-refractivity contribution in [3.63, 3.8) is 0 Å². The molecule has 2 nitrogen and oxygen atoms in total. The van der Waals surface area contributed by atoms with E-state index in [9.17, 15) is 13.9 Å². The van der Waals surface area contributed by atoms with Crippen LogP contribution in [0.5, 0.6) is 5.75 Å². The molecule has 0 aromatic heterocycles. The van der Waals surface area contributed by atoms with Crippen LogP contribution in [-0.2, 0) is 0 Å². The number of rotatable bonds is 1. The number of aliphatic hydroxyl groups is 1. The van der Waals surface area contributed by atoms with Gasteiger partial charge in [-0.05, 0) is 29.8 Å². The molecule has 0 spiro atoms. The maximum atomic E-state index is 13.2. The van der Waals surface area contributed by atoms with Crippen LogP contribution in [0.3, 0.4) is 0 Å². The molecular formula is C15H11ClF2O2. The first-order valence-corrected chi connectivity index (χ1v) is 6.51. The quantitative estimate of drug-likeness (QED) is 0.855. The van der Waals surface area contributed by atoms with Gasteiger partial charge >= 0.3 is 0 Å². The molecule has 104 valence electrons. The minimum absolute atomic E-state index is 0.00868. The third-order valence-corrected chi connectivity index (χ3v) is 3.65. The van der Waals surface area contributed by atoms with Crippen molar-refractivity contribution in [2.24, 2.45) is 0 Å². The van der Waals surface area contributed by atoms with Crippen molar-refractivity contribution < 1.29 is 18.6 Å². The van der Waals surface area contributed by atoms with Gasteiger partial charge in [-0.25, -0.2) is 8.78 Å². The monoisotopic (exact) mass is 296 g/mol. The number of benzene rings is 2. The fourth-order valence-corrected chi connectivity index (χ4v) is 2.52. The van der Waals surface area contributed by atoms with Gasteiger partial charge in [-0.15, -0.1) is 0 Å². The Morgan fingerprint density at radius 1 is 1.15 bits per heavy atom. The number of halogens is 3. The van der Waals surface area contributed by atoms with Gasteiger partial charge in [-0.2, -0.15) is 0 Å². The van der Waals surface area contributed by atoms with Crippen LogP contribution in [0.15, 0.2) is 36.4 Å². The van der Waals surface area contributed by atoms with Gasteiger partial charge in [0.2, 0.25) is 0 Å². The van der Waals surface area contributed by atoms with Crippen molar-refractivity contribution in [1.82, 2.24) is 0 Å². The molecule has 0 amide bonds. The van der Waals surface area contributed by atoms with Crippen LogP contribution in [-0.4, -0.2) is 5.11 Å². The van der Waals surface area contributed by atoms with Crippen LogP contribution >= 0.6 is 11.6 Å². The highest BCUT2D eigenvalue weighted by molar-refractivity contribution is 6.30. The van der Waals surface area contributed by atoms with E-state index in [0.717, 1.165) is 0 Å². The highest BCUT2D eigenvalue weighted by atomic mass is 35.5. The van der Waals surface area contributed by atoms with E-state index in [0.29, 0.717) is 23.3 Å². The predicted octanol–water partition coefficient (Wildman–Crippen LogP) is 4.18. The maximum absolute atomic E-state index is 13.2. The molecule has 1 aliphatic heterocycles. The van der Waals surface area contributed by atoms with Crippen molar-refractivity contribution in [3.8, 4) is 5.75 Å². The summed E-state index contributed by atoms with van der Waals surface area (Å²) in [5.74, 6) is -0.652. The van der Waals surface area contributed by atoms with Crippen molar-refractivity contribution >= 4 is 11.6 Å². The molecule has 0 saturated carbocycles. The average molecular weight is 297 g/mol. The summed E-state index contributed by atoms with van der Waals surface area (Å²) in [5, 5.41) is 10.1. The van der Waals surface area contributed by atoms with Gasteiger partial charge in [0.05, 0.1) is 11.1 Å². The Morgan fingerprint density at radius 2 is 1.95 bits per heavy atom. The minimum atomic E-state index is -0.756. The first-order chi connectivity index (χ1) is 9.54. The third kappa shape index (κ3) is 2.37. The SMILES string of the molecule is O[C@H]1CC(c2ccc(F)c(Cl)c2)Oc2cc(F)ccc21. The van der Waals surface area contributed by atoms with Crippen LogP contribution in [0.1, 0.15) is 29.8 Å². The van der Waals surface area contributed by atoms with E-state index in [1.807, 2.05) is 0 Å². The molecule has 1 heterocycles. The summed E-state index contributed by atoms with van der Waals surface area (Å²) in [5.41, 5.74) is 1.20. The summed E-state index contributed by atoms with van der Waals surface area (Å²) in [6, 6.07) is 8.26. The molecule has 1 N–H and O–H groups in total. The number of fused-ring (bicyclic) bond motifs is 1. The Labute approximate surface area is 119 Å². The minimum Gasteiger partial charge on any atom is -0.485 e. The number of hydrogen-bond acceptors (Lipinski definition) is 2. The first-order valence-electron chi connectivity index (χ1n) is 6.13. The van der Waals surface area contributed by atoms with Crippen molar-refractivity contribution in [2.75, 3.05) is 0 Å². The topological polar surface area (TPSA) is 29.5 Å². The molecule has 20 heavy (non-hydrogen) atoms. The van der Waals surface area contributed by atoms with Crippen LogP contribution in [0.4, 0.5) is 8.78 Å². The third-order valence-electron chi connectivity index (χ3n) is 3.36. The van der Waals surface area contributed by atoms with Crippen molar-refractivity contribution in [1.29, 1.82) is 0 Å². The lowest BCUT2D eigenvalue weighted by Gasteiger charge is -2.30. The van der Waals surface area contributed by atoms with Gasteiger partial charge in [0.25, 0.3) is 0 Å². The Morgan fingerprint density at radius 3 is 2.70 bits per heavy atom. The molecule has 0 bridgehead atoms. The lowest BCUT2D eigenvalue weighted by Crippen LogP contribution is -2.19. The van der Waals surface area contributed by atoms with E-state index >= 15 is 0 Å². The predicted molar refractivity (Wildman–Crippen MR) is 70.8 cm³/mol. The number of aliphatic hydroxyl groups excluding tert-OH is 1. The summed E-state index contributed by atoms with van der Waals surface area (Å²) in [6.45, 7) is 0. The standard InChI is InChI=1S/C15H11ClF2O2/c16-11-5-8(1-4-12(11)18)14-7-13(19)10-3-2-9(17)6-15(10)20-14/h1-6,13-14,19H,7H2/t13-,14?/m0/s1. The summed E-state index contributed by atoms with van der Waals surface area (Å²) in [7, 11) is 0. The zero-order chi connectivity index (χ0) is 14.3. The molecule has 2 aromatic carbocycles. The van der Waals surface area contributed by atoms with Gasteiger partial charge < -0.3 is 9.84 Å². The van der Waals surface area contributed by atoms with Crippen molar-refractivity contribution in [3.05, 3.63) is 64.2 Å². The van der Waals surface area contributed by atoms with E-state index in [-0.39, 0.29) is 5.02 Å². The zero-order valence-electron chi connectivity index (χ0n) is 10.3. The zero-order valence-corrected chi connectivity index (χ0v) is 11.1. The number of ether oxygens (including phenoxy) is 1. The Hall–Kier alpha value is -1.65. The van der Waals surface area contributed by atoms with Crippen LogP contribution in [0.2, 0.25) is 5.02 Å². The van der Waals surface area contributed by atoms with Crippen LogP contribution < -0.4 is 4.74 Å². The normalized spacial score (nSPS) is 21.2. The van der Waals surface area contributed by atoms with Gasteiger partial charge in [0.15, 0.2) is 0 Å². The Balaban J connectivity index is 1.96. The van der Waals surface area contributed by atoms with Crippen LogP contribution in [0, 0.1) is 11.6 Å². The van der Waals surface area contributed by atoms with Gasteiger partial charge in [-0.3, -0.25) is 0 Å². The summed E-state index contributed by atoms with van der Waals surface area (Å²) >= 11 is 5.74. The summed E-state index contributed by atoms with van der Waals surface area (Å²) in [4.78, 5) is 0. The molecule has 1 unspecified atom stereocenters. The molecule has 2 atom stereocenters. The first kappa shape index (κ1) is 13.3. The molecular weight excluding hydrogens is 286 g/mol. The lowest BCUT2D eigenvalue weighted by molar-refractivity contribution is 0.0653. The van der Waals surface area contributed by atoms with E-state index in [1.165, 1.54) is 30.3 Å². The molecule has 2 aromatic rings. The highest BCUT2D eigenvalue weighted by Crippen LogP contribution is 2.41.